The van der Waals surface area contributed by atoms with Gasteiger partial charge < -0.3 is 5.32 Å². The normalized spacial score (nSPS) is 10.2. The molecule has 96 valence electrons. The Bertz CT molecular complexity index is 818. The van der Waals surface area contributed by atoms with Gasteiger partial charge in [-0.1, -0.05) is 18.2 Å². The number of hydrogen-bond donors (Lipinski definition) is 1. The van der Waals surface area contributed by atoms with E-state index >= 15 is 0 Å². The summed E-state index contributed by atoms with van der Waals surface area (Å²) >= 11 is 0. The predicted octanol–water partition coefficient (Wildman–Crippen LogP) is 3.55. The number of nitrogens with one attached hydrogen (secondary N) is 1. The molecule has 0 aliphatic heterocycles. The van der Waals surface area contributed by atoms with Crippen molar-refractivity contribution in [3.63, 3.8) is 0 Å². The van der Waals surface area contributed by atoms with E-state index in [-0.39, 0.29) is 0 Å². The van der Waals surface area contributed by atoms with Gasteiger partial charge in [0.25, 0.3) is 0 Å². The van der Waals surface area contributed by atoms with Crippen molar-refractivity contribution < 1.29 is 0 Å². The summed E-state index contributed by atoms with van der Waals surface area (Å²) in [5.74, 6) is 0.558. The van der Waals surface area contributed by atoms with Gasteiger partial charge in [0.2, 0.25) is 0 Å². The number of aryl methyl sites for hydroxylation is 1. The van der Waals surface area contributed by atoms with Crippen LogP contribution in [0, 0.1) is 18.3 Å². The van der Waals surface area contributed by atoms with Crippen LogP contribution in [0.5, 0.6) is 0 Å². The quantitative estimate of drug-likeness (QED) is 0.765. The molecule has 4 heteroatoms. The lowest BCUT2D eigenvalue weighted by atomic mass is 10.1. The number of benzene rings is 1. The van der Waals surface area contributed by atoms with Crippen LogP contribution in [-0.2, 0) is 0 Å². The van der Waals surface area contributed by atoms with Gasteiger partial charge in [-0.05, 0) is 30.7 Å². The first-order valence-corrected chi connectivity index (χ1v) is 6.25. The van der Waals surface area contributed by atoms with Crippen LogP contribution < -0.4 is 5.32 Å². The van der Waals surface area contributed by atoms with Crippen LogP contribution in [0.25, 0.3) is 10.9 Å². The smallest absolute Gasteiger partial charge is 0.149 e. The van der Waals surface area contributed by atoms with Gasteiger partial charge >= 0.3 is 0 Å². The predicted molar refractivity (Wildman–Crippen MR) is 78.7 cm³/mol. The Morgan fingerprint density at radius 3 is 2.85 bits per heavy atom. The summed E-state index contributed by atoms with van der Waals surface area (Å²) in [6.07, 6.45) is 3.47. The molecule has 0 saturated carbocycles. The van der Waals surface area contributed by atoms with Crippen LogP contribution >= 0.6 is 0 Å². The van der Waals surface area contributed by atoms with Gasteiger partial charge in [-0.25, -0.2) is 4.98 Å². The largest absolute Gasteiger partial charge is 0.338 e. The minimum absolute atomic E-state index is 0.520. The van der Waals surface area contributed by atoms with Crippen LogP contribution in [0.4, 0.5) is 11.5 Å². The number of hydrogen-bond acceptors (Lipinski definition) is 4. The molecule has 2 heterocycles. The van der Waals surface area contributed by atoms with Crippen LogP contribution in [0.2, 0.25) is 0 Å². The van der Waals surface area contributed by atoms with Gasteiger partial charge in [0.1, 0.15) is 11.9 Å². The lowest BCUT2D eigenvalue weighted by molar-refractivity contribution is 1.26. The first kappa shape index (κ1) is 12.1. The molecule has 0 radical (unpaired) electrons. The second-order valence-electron chi connectivity index (χ2n) is 4.50. The maximum absolute atomic E-state index is 9.28. The summed E-state index contributed by atoms with van der Waals surface area (Å²) in [6, 6.07) is 13.7. The Hall–Kier alpha value is -2.93. The molecule has 0 aliphatic carbocycles. The fourth-order valence-corrected chi connectivity index (χ4v) is 2.02. The monoisotopic (exact) mass is 260 g/mol. The van der Waals surface area contributed by atoms with Gasteiger partial charge in [0, 0.05) is 11.6 Å². The zero-order valence-electron chi connectivity index (χ0n) is 11.0. The molecule has 0 amide bonds. The number of para-hydroxylation sites is 1. The summed E-state index contributed by atoms with van der Waals surface area (Å²) in [5, 5.41) is 13.4. The number of aromatic nitrogens is 2. The fraction of sp³-hybridized carbons (Fsp3) is 0.0625. The molecular formula is C16H12N4. The first-order valence-electron chi connectivity index (χ1n) is 6.25. The van der Waals surface area contributed by atoms with Gasteiger partial charge in [-0.2, -0.15) is 5.26 Å². The van der Waals surface area contributed by atoms with Crippen molar-refractivity contribution in [3.8, 4) is 6.07 Å². The molecule has 0 fully saturated rings. The maximum Gasteiger partial charge on any atom is 0.149 e. The molecule has 0 atom stereocenters. The molecule has 1 aromatic carbocycles. The minimum Gasteiger partial charge on any atom is -0.338 e. The van der Waals surface area contributed by atoms with E-state index in [2.05, 4.69) is 21.4 Å². The third kappa shape index (κ3) is 2.17. The summed E-state index contributed by atoms with van der Waals surface area (Å²) in [7, 11) is 0. The van der Waals surface area contributed by atoms with Gasteiger partial charge in [0.05, 0.1) is 23.0 Å². The number of nitrogens with zero attached hydrogens (tertiary/aromatic N) is 3. The van der Waals surface area contributed by atoms with Crippen molar-refractivity contribution >= 4 is 22.4 Å². The molecule has 0 bridgehead atoms. The maximum atomic E-state index is 9.28. The summed E-state index contributed by atoms with van der Waals surface area (Å²) in [5.41, 5.74) is 3.29. The Kier molecular flexibility index (Phi) is 3.02. The molecule has 3 aromatic rings. The number of fused-ring (bicyclic) bond motifs is 1. The second-order valence-corrected chi connectivity index (χ2v) is 4.50. The molecule has 0 aliphatic rings. The Labute approximate surface area is 116 Å². The van der Waals surface area contributed by atoms with Crippen LogP contribution in [0.1, 0.15) is 11.1 Å². The summed E-state index contributed by atoms with van der Waals surface area (Å²) < 4.78 is 0. The zero-order valence-corrected chi connectivity index (χ0v) is 11.0. The lowest BCUT2D eigenvalue weighted by Crippen LogP contribution is -1.99. The molecule has 0 unspecified atom stereocenters. The van der Waals surface area contributed by atoms with Crippen LogP contribution in [0.15, 0.2) is 48.8 Å². The van der Waals surface area contributed by atoms with E-state index in [1.54, 1.807) is 12.4 Å². The number of anilines is 2. The number of pyridine rings is 2. The van der Waals surface area contributed by atoms with E-state index in [1.807, 2.05) is 43.3 Å². The summed E-state index contributed by atoms with van der Waals surface area (Å²) in [6.45, 7) is 1.98. The highest BCUT2D eigenvalue weighted by atomic mass is 15.0. The molecule has 2 aromatic heterocycles. The van der Waals surface area contributed by atoms with Gasteiger partial charge in [-0.3, -0.25) is 4.98 Å². The molecule has 4 nitrogen and oxygen atoms in total. The third-order valence-electron chi connectivity index (χ3n) is 3.14. The van der Waals surface area contributed by atoms with Crippen molar-refractivity contribution in [1.29, 1.82) is 5.26 Å². The molecule has 0 saturated heterocycles. The van der Waals surface area contributed by atoms with Crippen molar-refractivity contribution in [2.45, 2.75) is 6.92 Å². The van der Waals surface area contributed by atoms with E-state index < -0.39 is 0 Å². The van der Waals surface area contributed by atoms with Gasteiger partial charge in [0.15, 0.2) is 0 Å². The lowest BCUT2D eigenvalue weighted by Gasteiger charge is -2.10. The highest BCUT2D eigenvalue weighted by Gasteiger charge is 2.08. The van der Waals surface area contributed by atoms with Crippen LogP contribution in [0.3, 0.4) is 0 Å². The van der Waals surface area contributed by atoms with Crippen molar-refractivity contribution in [3.05, 3.63) is 59.9 Å². The Balaban J connectivity index is 2.11. The topological polar surface area (TPSA) is 61.6 Å². The average molecular weight is 260 g/mol. The van der Waals surface area contributed by atoms with Crippen molar-refractivity contribution in [2.75, 3.05) is 5.32 Å². The van der Waals surface area contributed by atoms with E-state index in [9.17, 15) is 5.26 Å². The first-order chi connectivity index (χ1) is 9.78. The number of rotatable bonds is 2. The highest BCUT2D eigenvalue weighted by molar-refractivity contribution is 5.83. The third-order valence-corrected chi connectivity index (χ3v) is 3.14. The Morgan fingerprint density at radius 1 is 1.20 bits per heavy atom. The van der Waals surface area contributed by atoms with Crippen molar-refractivity contribution in [1.82, 2.24) is 9.97 Å². The second kappa shape index (κ2) is 4.98. The molecule has 1 N–H and O–H groups in total. The van der Waals surface area contributed by atoms with E-state index in [0.29, 0.717) is 11.4 Å². The molecular weight excluding hydrogens is 248 g/mol. The Morgan fingerprint density at radius 2 is 2.05 bits per heavy atom. The minimum atomic E-state index is 0.520. The van der Waals surface area contributed by atoms with Gasteiger partial charge in [-0.15, -0.1) is 0 Å². The molecule has 20 heavy (non-hydrogen) atoms. The highest BCUT2D eigenvalue weighted by Crippen LogP contribution is 2.24. The average Bonchev–Trinajstić information content (AvgIpc) is 2.49. The standard InChI is InChI=1S/C16H12N4/c1-11-6-7-18-10-15(11)20-16-13(9-17)8-12-4-2-3-5-14(12)19-16/h2-8,10H,1H3,(H,19,20). The number of nitriles is 1. The molecule has 0 spiro atoms. The van der Waals surface area contributed by atoms with E-state index in [0.717, 1.165) is 22.2 Å². The van der Waals surface area contributed by atoms with E-state index in [4.69, 9.17) is 0 Å². The van der Waals surface area contributed by atoms with E-state index in [1.165, 1.54) is 0 Å². The zero-order chi connectivity index (χ0) is 13.9. The molecule has 3 rings (SSSR count). The van der Waals surface area contributed by atoms with Crippen molar-refractivity contribution in [2.24, 2.45) is 0 Å². The SMILES string of the molecule is Cc1ccncc1Nc1nc2ccccc2cc1C#N. The summed E-state index contributed by atoms with van der Waals surface area (Å²) in [4.78, 5) is 8.61. The fourth-order valence-electron chi connectivity index (χ4n) is 2.02. The van der Waals surface area contributed by atoms with Crippen LogP contribution in [-0.4, -0.2) is 9.97 Å².